The zero-order valence-electron chi connectivity index (χ0n) is 19.9. The van der Waals surface area contributed by atoms with Crippen LogP contribution in [0.25, 0.3) is 0 Å². The van der Waals surface area contributed by atoms with Crippen LogP contribution in [0, 0.1) is 40.4 Å². The van der Waals surface area contributed by atoms with Crippen LogP contribution in [0.2, 0.25) is 0 Å². The average Bonchev–Trinajstić information content (AvgIpc) is 2.95. The van der Waals surface area contributed by atoms with E-state index in [9.17, 15) is 19.5 Å². The lowest BCUT2D eigenvalue weighted by atomic mass is 9.44. The topological polar surface area (TPSA) is 80.7 Å². The van der Waals surface area contributed by atoms with Gasteiger partial charge in [0.25, 0.3) is 0 Å². The van der Waals surface area contributed by atoms with Crippen molar-refractivity contribution >= 4 is 29.1 Å². The highest BCUT2D eigenvalue weighted by Gasteiger charge is 2.73. The van der Waals surface area contributed by atoms with E-state index in [1.807, 2.05) is 19.9 Å². The van der Waals surface area contributed by atoms with Gasteiger partial charge in [0.15, 0.2) is 17.2 Å². The zero-order valence-corrected chi connectivity index (χ0v) is 20.7. The molecule has 0 unspecified atom stereocenters. The van der Waals surface area contributed by atoms with Gasteiger partial charge in [-0.3, -0.25) is 14.4 Å². The number of fused-ring (bicyclic) bond motifs is 5. The second kappa shape index (κ2) is 7.94. The minimum Gasteiger partial charge on any atom is -0.450 e. The summed E-state index contributed by atoms with van der Waals surface area (Å²) in [5, 5.41) is 11.6. The van der Waals surface area contributed by atoms with Gasteiger partial charge in [0.2, 0.25) is 0 Å². The molecule has 0 bridgehead atoms. The van der Waals surface area contributed by atoms with E-state index < -0.39 is 23.1 Å². The lowest BCUT2D eigenvalue weighted by molar-refractivity contribution is -0.205. The maximum absolute atomic E-state index is 13.4. The van der Waals surface area contributed by atoms with E-state index in [-0.39, 0.29) is 58.9 Å². The number of aliphatic hydroxyl groups excluding tert-OH is 1. The predicted octanol–water partition coefficient (Wildman–Crippen LogP) is 4.48. The number of rotatable bonds is 4. The molecule has 178 valence electrons. The number of carbonyl (C=O) groups is 3. The Morgan fingerprint density at radius 3 is 2.56 bits per heavy atom. The molecular weight excluding hydrogens is 428 g/mol. The average molecular weight is 465 g/mol. The Hall–Kier alpha value is -1.20. The fourth-order valence-electron chi connectivity index (χ4n) is 8.66. The molecule has 0 amide bonds. The van der Waals surface area contributed by atoms with Crippen molar-refractivity contribution in [2.24, 2.45) is 40.4 Å². The third kappa shape index (κ3) is 3.02. The number of ketones is 2. The Bertz CT molecular complexity index is 866. The molecule has 3 saturated carbocycles. The van der Waals surface area contributed by atoms with Gasteiger partial charge in [-0.1, -0.05) is 40.2 Å². The Morgan fingerprint density at radius 1 is 1.25 bits per heavy atom. The highest BCUT2D eigenvalue weighted by molar-refractivity contribution is 6.29. The third-order valence-corrected chi connectivity index (χ3v) is 10.1. The SMILES string of the molecule is CCC(=O)O[C@]1(C(=O)CCl)[C@@H](C)C[C@H]2[C@@H]3C[C@H](C)C4=CC(=O)CC[C@]4(C)[C@H]3[C@@H](O)C[C@@]21C. The standard InChI is InChI=1S/C26H37ClO5/c1-6-22(31)32-26(21(30)13-27)15(3)10-19-17-9-14(2)18-11-16(28)7-8-24(18,4)23(17)20(29)12-25(19,26)5/h11,14-15,17,19-20,23,29H,6-10,12-13H2,1-5H3/t14-,15-,17-,19-,20-,23+,24-,25-,26-/m0/s1. The first-order valence-corrected chi connectivity index (χ1v) is 12.7. The first-order valence-electron chi connectivity index (χ1n) is 12.2. The largest absolute Gasteiger partial charge is 0.450 e. The van der Waals surface area contributed by atoms with Gasteiger partial charge in [-0.15, -0.1) is 11.6 Å². The van der Waals surface area contributed by atoms with Gasteiger partial charge in [0.05, 0.1) is 12.0 Å². The minimum absolute atomic E-state index is 0.0344. The fraction of sp³-hybridized carbons (Fsp3) is 0.808. The molecule has 6 heteroatoms. The summed E-state index contributed by atoms with van der Waals surface area (Å²) in [6.45, 7) is 10.2. The molecule has 0 aliphatic heterocycles. The third-order valence-electron chi connectivity index (χ3n) is 9.85. The highest BCUT2D eigenvalue weighted by Crippen LogP contribution is 2.70. The van der Waals surface area contributed by atoms with Gasteiger partial charge in [-0.2, -0.15) is 0 Å². The summed E-state index contributed by atoms with van der Waals surface area (Å²) < 4.78 is 6.05. The summed E-state index contributed by atoms with van der Waals surface area (Å²) in [6.07, 6.45) is 4.71. The van der Waals surface area contributed by atoms with Crippen molar-refractivity contribution in [1.29, 1.82) is 0 Å². The molecule has 1 N–H and O–H groups in total. The molecule has 0 spiro atoms. The number of carbonyl (C=O) groups excluding carboxylic acids is 3. The van der Waals surface area contributed by atoms with Crippen molar-refractivity contribution in [3.8, 4) is 0 Å². The first kappa shape index (κ1) is 23.9. The van der Waals surface area contributed by atoms with Crippen LogP contribution >= 0.6 is 11.6 Å². The van der Waals surface area contributed by atoms with Crippen molar-refractivity contribution in [2.45, 2.75) is 84.8 Å². The molecule has 3 fully saturated rings. The number of hydrogen-bond acceptors (Lipinski definition) is 5. The van der Waals surface area contributed by atoms with Crippen molar-refractivity contribution in [3.63, 3.8) is 0 Å². The number of Topliss-reactive ketones (excluding diaryl/α,β-unsaturated/α-hetero) is 1. The van der Waals surface area contributed by atoms with Gasteiger partial charge < -0.3 is 9.84 Å². The molecule has 4 aliphatic rings. The van der Waals surface area contributed by atoms with E-state index in [1.165, 1.54) is 5.57 Å². The van der Waals surface area contributed by atoms with Crippen LogP contribution in [0.1, 0.15) is 73.1 Å². The summed E-state index contributed by atoms with van der Waals surface area (Å²) in [5.41, 5.74) is -1.02. The summed E-state index contributed by atoms with van der Waals surface area (Å²) >= 11 is 6.09. The number of alkyl halides is 1. The van der Waals surface area contributed by atoms with Gasteiger partial charge in [-0.05, 0) is 60.8 Å². The summed E-state index contributed by atoms with van der Waals surface area (Å²) in [4.78, 5) is 38.1. The van der Waals surface area contributed by atoms with Crippen LogP contribution in [0.4, 0.5) is 0 Å². The second-order valence-electron chi connectivity index (χ2n) is 11.4. The lowest BCUT2D eigenvalue weighted by Crippen LogP contribution is -2.64. The molecule has 5 nitrogen and oxygen atoms in total. The van der Waals surface area contributed by atoms with Crippen LogP contribution in [0.3, 0.4) is 0 Å². The van der Waals surface area contributed by atoms with E-state index in [0.717, 1.165) is 19.3 Å². The molecule has 0 aromatic heterocycles. The van der Waals surface area contributed by atoms with Crippen LogP contribution in [-0.4, -0.2) is 40.2 Å². The first-order chi connectivity index (χ1) is 15.0. The molecule has 32 heavy (non-hydrogen) atoms. The quantitative estimate of drug-likeness (QED) is 0.490. The van der Waals surface area contributed by atoms with Crippen molar-refractivity contribution in [1.82, 2.24) is 0 Å². The maximum Gasteiger partial charge on any atom is 0.306 e. The number of aliphatic hydroxyl groups is 1. The predicted molar refractivity (Wildman–Crippen MR) is 122 cm³/mol. The Labute approximate surface area is 196 Å². The summed E-state index contributed by atoms with van der Waals surface area (Å²) in [7, 11) is 0. The molecule has 0 aromatic carbocycles. The Morgan fingerprint density at radius 2 is 1.94 bits per heavy atom. The number of hydrogen-bond donors (Lipinski definition) is 1. The van der Waals surface area contributed by atoms with Crippen LogP contribution in [0.15, 0.2) is 11.6 Å². The Kier molecular flexibility index (Phi) is 5.94. The minimum atomic E-state index is -1.30. The zero-order chi connectivity index (χ0) is 23.6. The maximum atomic E-state index is 13.4. The smallest absolute Gasteiger partial charge is 0.306 e. The van der Waals surface area contributed by atoms with Crippen molar-refractivity contribution in [2.75, 3.05) is 5.88 Å². The van der Waals surface area contributed by atoms with E-state index in [2.05, 4.69) is 13.8 Å². The van der Waals surface area contributed by atoms with Gasteiger partial charge in [0.1, 0.15) is 0 Å². The van der Waals surface area contributed by atoms with Gasteiger partial charge >= 0.3 is 5.97 Å². The van der Waals surface area contributed by atoms with Crippen molar-refractivity contribution < 1.29 is 24.2 Å². The molecule has 0 heterocycles. The van der Waals surface area contributed by atoms with E-state index in [1.54, 1.807) is 6.92 Å². The summed E-state index contributed by atoms with van der Waals surface area (Å²) in [5.74, 6) is -0.222. The number of ether oxygens (including phenoxy) is 1. The second-order valence-corrected chi connectivity index (χ2v) is 11.6. The van der Waals surface area contributed by atoms with Gasteiger partial charge in [-0.25, -0.2) is 0 Å². The molecule has 0 aromatic rings. The number of allylic oxidation sites excluding steroid dienone is 1. The van der Waals surface area contributed by atoms with E-state index in [4.69, 9.17) is 16.3 Å². The van der Waals surface area contributed by atoms with E-state index >= 15 is 0 Å². The highest BCUT2D eigenvalue weighted by atomic mass is 35.5. The van der Waals surface area contributed by atoms with Crippen LogP contribution in [-0.2, 0) is 19.1 Å². The molecule has 0 saturated heterocycles. The normalized spacial score (nSPS) is 47.7. The summed E-state index contributed by atoms with van der Waals surface area (Å²) in [6, 6.07) is 0. The van der Waals surface area contributed by atoms with Crippen molar-refractivity contribution in [3.05, 3.63) is 11.6 Å². The monoisotopic (exact) mass is 464 g/mol. The molecular formula is C26H37ClO5. The number of esters is 1. The van der Waals surface area contributed by atoms with Gasteiger partial charge in [0, 0.05) is 24.2 Å². The number of halogens is 1. The molecule has 4 aliphatic carbocycles. The van der Waals surface area contributed by atoms with Crippen LogP contribution < -0.4 is 0 Å². The Balaban J connectivity index is 1.82. The molecule has 9 atom stereocenters. The molecule has 4 rings (SSSR count). The van der Waals surface area contributed by atoms with Crippen LogP contribution in [0.5, 0.6) is 0 Å². The van der Waals surface area contributed by atoms with E-state index in [0.29, 0.717) is 12.8 Å². The fourth-order valence-corrected chi connectivity index (χ4v) is 8.85. The lowest BCUT2D eigenvalue weighted by Gasteiger charge is -2.62. The molecule has 0 radical (unpaired) electrons.